The molecule has 4 aromatic rings. The fourth-order valence-corrected chi connectivity index (χ4v) is 5.94. The second kappa shape index (κ2) is 11.3. The van der Waals surface area contributed by atoms with Gasteiger partial charge in [0.1, 0.15) is 6.29 Å². The molecule has 1 unspecified atom stereocenters. The fraction of sp³-hybridized carbons (Fsp3) is 0.371. The van der Waals surface area contributed by atoms with E-state index in [1.807, 2.05) is 35.1 Å². The van der Waals surface area contributed by atoms with Crippen molar-refractivity contribution in [3.05, 3.63) is 95.2 Å². The highest BCUT2D eigenvalue weighted by atomic mass is 16.7. The smallest absolute Gasteiger partial charge is 0.399 e. The number of hydrogen-bond acceptors (Lipinski definition) is 5. The zero-order chi connectivity index (χ0) is 29.5. The second-order valence-corrected chi connectivity index (χ2v) is 12.3. The van der Waals surface area contributed by atoms with Gasteiger partial charge >= 0.3 is 7.12 Å². The fourth-order valence-electron chi connectivity index (χ4n) is 5.94. The van der Waals surface area contributed by atoms with E-state index in [4.69, 9.17) is 19.1 Å². The minimum Gasteiger partial charge on any atom is -0.399 e. The van der Waals surface area contributed by atoms with Crippen molar-refractivity contribution in [2.75, 3.05) is 6.61 Å². The second-order valence-electron chi connectivity index (χ2n) is 12.3. The first-order valence-electron chi connectivity index (χ1n) is 15.0. The summed E-state index contributed by atoms with van der Waals surface area (Å²) in [5.74, 6) is 0. The van der Waals surface area contributed by atoms with E-state index in [2.05, 4.69) is 77.1 Å². The third kappa shape index (κ3) is 5.26. The van der Waals surface area contributed by atoms with Gasteiger partial charge < -0.3 is 14.0 Å². The Kier molecular flexibility index (Phi) is 7.69. The van der Waals surface area contributed by atoms with Crippen LogP contribution in [0.15, 0.2) is 72.9 Å². The SMILES string of the molecule is CC/C(=C(\c1ccc(C=O)cc1)c1ccc2c(cnn2C2CCCCO2)c1)c1ccc(B2OC(C)(C)C(C)(C)O2)cc1. The molecule has 3 heterocycles. The van der Waals surface area contributed by atoms with Crippen LogP contribution in [-0.4, -0.2) is 41.0 Å². The molecule has 0 bridgehead atoms. The standard InChI is InChI=1S/C35H39BN2O4/c1-6-30(25-14-17-29(18-15-25)36-41-34(2,3)35(4,5)42-36)33(26-12-10-24(23-39)11-13-26)27-16-19-31-28(21-27)22-37-38(31)32-9-7-8-20-40-32/h10-19,21-23,32H,6-9,20H2,1-5H3/b33-30-. The quantitative estimate of drug-likeness (QED) is 0.135. The van der Waals surface area contributed by atoms with Gasteiger partial charge in [0, 0.05) is 17.6 Å². The van der Waals surface area contributed by atoms with Crippen molar-refractivity contribution in [3.8, 4) is 0 Å². The molecular weight excluding hydrogens is 523 g/mol. The molecule has 0 aliphatic carbocycles. The van der Waals surface area contributed by atoms with Crippen LogP contribution in [0.5, 0.6) is 0 Å². The number of allylic oxidation sites excluding steroid dienone is 1. The third-order valence-electron chi connectivity index (χ3n) is 9.09. The van der Waals surface area contributed by atoms with Gasteiger partial charge in [0.25, 0.3) is 0 Å². The lowest BCUT2D eigenvalue weighted by molar-refractivity contribution is -0.0366. The number of aromatic nitrogens is 2. The first kappa shape index (κ1) is 28.6. The summed E-state index contributed by atoms with van der Waals surface area (Å²) in [6, 6.07) is 22.9. The number of hydrogen-bond donors (Lipinski definition) is 0. The highest BCUT2D eigenvalue weighted by Crippen LogP contribution is 2.38. The Morgan fingerprint density at radius 2 is 1.60 bits per heavy atom. The lowest BCUT2D eigenvalue weighted by atomic mass is 9.78. The van der Waals surface area contributed by atoms with Crippen molar-refractivity contribution < 1.29 is 18.8 Å². The highest BCUT2D eigenvalue weighted by Gasteiger charge is 2.51. The molecule has 2 saturated heterocycles. The summed E-state index contributed by atoms with van der Waals surface area (Å²) in [5, 5.41) is 5.80. The number of fused-ring (bicyclic) bond motifs is 1. The van der Waals surface area contributed by atoms with Crippen LogP contribution in [0, 0.1) is 0 Å². The molecule has 0 amide bonds. The van der Waals surface area contributed by atoms with Crippen LogP contribution in [0.4, 0.5) is 0 Å². The van der Waals surface area contributed by atoms with E-state index in [0.29, 0.717) is 5.56 Å². The number of rotatable bonds is 7. The molecule has 1 atom stereocenters. The van der Waals surface area contributed by atoms with E-state index in [1.54, 1.807) is 0 Å². The summed E-state index contributed by atoms with van der Waals surface area (Å²) in [5.41, 5.74) is 7.63. The van der Waals surface area contributed by atoms with Crippen LogP contribution >= 0.6 is 0 Å². The Bertz CT molecular complexity index is 1600. The Hall–Kier alpha value is -3.52. The van der Waals surface area contributed by atoms with Crippen LogP contribution in [-0.2, 0) is 14.0 Å². The van der Waals surface area contributed by atoms with Gasteiger partial charge in [-0.15, -0.1) is 0 Å². The van der Waals surface area contributed by atoms with Crippen molar-refractivity contribution in [2.24, 2.45) is 0 Å². The average Bonchev–Trinajstić information content (AvgIpc) is 3.52. The van der Waals surface area contributed by atoms with Crippen molar-refractivity contribution >= 4 is 40.9 Å². The lowest BCUT2D eigenvalue weighted by Gasteiger charge is -2.32. The minimum atomic E-state index is -0.402. The predicted octanol–water partition coefficient (Wildman–Crippen LogP) is 7.22. The number of ether oxygens (including phenoxy) is 1. The van der Waals surface area contributed by atoms with Crippen molar-refractivity contribution in [3.63, 3.8) is 0 Å². The molecular formula is C35H39BN2O4. The van der Waals surface area contributed by atoms with E-state index in [9.17, 15) is 4.79 Å². The largest absolute Gasteiger partial charge is 0.494 e. The molecule has 2 fully saturated rings. The van der Waals surface area contributed by atoms with Crippen molar-refractivity contribution in [2.45, 2.75) is 77.7 Å². The molecule has 0 saturated carbocycles. The van der Waals surface area contributed by atoms with Gasteiger partial charge in [0.05, 0.1) is 22.9 Å². The normalized spacial score (nSPS) is 20.5. The highest BCUT2D eigenvalue weighted by molar-refractivity contribution is 6.62. The summed E-state index contributed by atoms with van der Waals surface area (Å²) in [7, 11) is -0.402. The van der Waals surface area contributed by atoms with Gasteiger partial charge in [-0.25, -0.2) is 4.68 Å². The number of carbonyl (C=O) groups is 1. The van der Waals surface area contributed by atoms with E-state index < -0.39 is 7.12 Å². The number of aldehydes is 1. The molecule has 3 aromatic carbocycles. The molecule has 7 heteroatoms. The Morgan fingerprint density at radius 3 is 2.21 bits per heavy atom. The molecule has 6 rings (SSSR count). The molecule has 0 spiro atoms. The van der Waals surface area contributed by atoms with Gasteiger partial charge in [-0.05, 0) is 98.8 Å². The first-order valence-corrected chi connectivity index (χ1v) is 15.0. The maximum absolute atomic E-state index is 11.4. The van der Waals surface area contributed by atoms with Gasteiger partial charge in [-0.1, -0.05) is 61.5 Å². The van der Waals surface area contributed by atoms with Crippen molar-refractivity contribution in [1.29, 1.82) is 0 Å². The van der Waals surface area contributed by atoms with Crippen molar-refractivity contribution in [1.82, 2.24) is 9.78 Å². The van der Waals surface area contributed by atoms with Crippen LogP contribution in [0.2, 0.25) is 0 Å². The Labute approximate surface area is 248 Å². The molecule has 1 aromatic heterocycles. The van der Waals surface area contributed by atoms with Crippen LogP contribution in [0.1, 0.15) is 93.6 Å². The summed E-state index contributed by atoms with van der Waals surface area (Å²) in [6.07, 6.45) is 6.88. The molecule has 0 N–H and O–H groups in total. The maximum Gasteiger partial charge on any atom is 0.494 e. The van der Waals surface area contributed by atoms with Crippen LogP contribution < -0.4 is 5.46 Å². The van der Waals surface area contributed by atoms with E-state index in [-0.39, 0.29) is 17.4 Å². The topological polar surface area (TPSA) is 62.6 Å². The monoisotopic (exact) mass is 562 g/mol. The summed E-state index contributed by atoms with van der Waals surface area (Å²) in [6.45, 7) is 11.3. The maximum atomic E-state index is 11.4. The third-order valence-corrected chi connectivity index (χ3v) is 9.09. The number of benzene rings is 3. The number of carbonyl (C=O) groups excluding carboxylic acids is 1. The minimum absolute atomic E-state index is 0.0123. The van der Waals surface area contributed by atoms with Gasteiger partial charge in [-0.2, -0.15) is 5.10 Å². The molecule has 6 nitrogen and oxygen atoms in total. The molecule has 2 aliphatic heterocycles. The molecule has 0 radical (unpaired) electrons. The molecule has 216 valence electrons. The van der Waals surface area contributed by atoms with E-state index >= 15 is 0 Å². The number of nitrogens with zero attached hydrogens (tertiary/aromatic N) is 2. The summed E-state index contributed by atoms with van der Waals surface area (Å²) in [4.78, 5) is 11.4. The Morgan fingerprint density at radius 1 is 0.929 bits per heavy atom. The lowest BCUT2D eigenvalue weighted by Crippen LogP contribution is -2.41. The first-order chi connectivity index (χ1) is 20.2. The predicted molar refractivity (Wildman–Crippen MR) is 169 cm³/mol. The Balaban J connectivity index is 1.42. The zero-order valence-electron chi connectivity index (χ0n) is 25.2. The van der Waals surface area contributed by atoms with Gasteiger partial charge in [0.2, 0.25) is 0 Å². The molecule has 2 aliphatic rings. The molecule has 42 heavy (non-hydrogen) atoms. The van der Waals surface area contributed by atoms with Crippen LogP contribution in [0.3, 0.4) is 0 Å². The summed E-state index contributed by atoms with van der Waals surface area (Å²) < 4.78 is 20.6. The van der Waals surface area contributed by atoms with Crippen LogP contribution in [0.25, 0.3) is 22.0 Å². The summed E-state index contributed by atoms with van der Waals surface area (Å²) >= 11 is 0. The average molecular weight is 563 g/mol. The van der Waals surface area contributed by atoms with Gasteiger partial charge in [-0.3, -0.25) is 4.79 Å². The van der Waals surface area contributed by atoms with E-state index in [0.717, 1.165) is 77.2 Å². The van der Waals surface area contributed by atoms with E-state index in [1.165, 1.54) is 5.57 Å². The zero-order valence-corrected chi connectivity index (χ0v) is 25.2. The van der Waals surface area contributed by atoms with Gasteiger partial charge in [0.15, 0.2) is 6.23 Å².